The van der Waals surface area contributed by atoms with Crippen LogP contribution in [0.25, 0.3) is 0 Å². The molecule has 1 aromatic rings. The first-order valence-electron chi connectivity index (χ1n) is 14.8. The molecule has 5 rings (SSSR count). The van der Waals surface area contributed by atoms with Crippen LogP contribution in [0.15, 0.2) is 23.0 Å². The summed E-state index contributed by atoms with van der Waals surface area (Å²) in [5.74, 6) is 1.38. The molecule has 6 nitrogen and oxygen atoms in total. The van der Waals surface area contributed by atoms with Gasteiger partial charge >= 0.3 is 0 Å². The number of aliphatic hydroxyl groups is 3. The number of hydrogen-bond donors (Lipinski definition) is 3. The molecule has 0 radical (unpaired) electrons. The number of hydrogen-bond acceptors (Lipinski definition) is 5. The molecule has 0 spiro atoms. The molecule has 0 aromatic carbocycles. The van der Waals surface area contributed by atoms with Gasteiger partial charge in [0, 0.05) is 43.9 Å². The number of rotatable bonds is 6. The van der Waals surface area contributed by atoms with Crippen LogP contribution >= 0.6 is 0 Å². The number of aliphatic hydroxyl groups excluding tert-OH is 1. The monoisotopic (exact) mass is 514 g/mol. The average molecular weight is 515 g/mol. The molecule has 2 aliphatic carbocycles. The quantitative estimate of drug-likeness (QED) is 0.531. The van der Waals surface area contributed by atoms with Crippen molar-refractivity contribution in [2.75, 3.05) is 19.6 Å². The Balaban J connectivity index is 1.25. The van der Waals surface area contributed by atoms with Crippen molar-refractivity contribution in [3.05, 3.63) is 34.2 Å². The molecule has 37 heavy (non-hydrogen) atoms. The van der Waals surface area contributed by atoms with Gasteiger partial charge in [0.2, 0.25) is 0 Å². The maximum absolute atomic E-state index is 12.3. The van der Waals surface area contributed by atoms with E-state index < -0.39 is 17.3 Å². The zero-order valence-electron chi connectivity index (χ0n) is 23.7. The van der Waals surface area contributed by atoms with E-state index in [1.807, 2.05) is 17.6 Å². The number of aromatic nitrogens is 1. The van der Waals surface area contributed by atoms with Gasteiger partial charge in [0.1, 0.15) is 0 Å². The van der Waals surface area contributed by atoms with Crippen molar-refractivity contribution in [1.82, 2.24) is 9.47 Å². The summed E-state index contributed by atoms with van der Waals surface area (Å²) in [6, 6.07) is 5.56. The highest BCUT2D eigenvalue weighted by atomic mass is 16.3. The molecule has 6 heteroatoms. The van der Waals surface area contributed by atoms with Crippen LogP contribution in [0.5, 0.6) is 0 Å². The molecular formula is C31H50N2O4. The second kappa shape index (κ2) is 9.46. The van der Waals surface area contributed by atoms with Gasteiger partial charge in [-0.1, -0.05) is 33.3 Å². The van der Waals surface area contributed by atoms with Gasteiger partial charge in [-0.05, 0) is 93.4 Å². The lowest BCUT2D eigenvalue weighted by Gasteiger charge is -2.61. The molecule has 1 aromatic heterocycles. The van der Waals surface area contributed by atoms with E-state index in [0.717, 1.165) is 57.4 Å². The molecule has 3 fully saturated rings. The molecule has 2 saturated carbocycles. The van der Waals surface area contributed by atoms with Gasteiger partial charge in [-0.25, -0.2) is 0 Å². The fraction of sp³-hybridized carbons (Fsp3) is 0.839. The zero-order valence-corrected chi connectivity index (χ0v) is 23.7. The molecule has 4 aliphatic rings. The van der Waals surface area contributed by atoms with Gasteiger partial charge in [0.05, 0.1) is 17.3 Å². The van der Waals surface area contributed by atoms with Gasteiger partial charge in [0.15, 0.2) is 0 Å². The van der Waals surface area contributed by atoms with Crippen LogP contribution in [0.1, 0.15) is 97.6 Å². The van der Waals surface area contributed by atoms with Crippen LogP contribution < -0.4 is 5.56 Å². The Kier molecular flexibility index (Phi) is 7.00. The first-order chi connectivity index (χ1) is 17.2. The van der Waals surface area contributed by atoms with E-state index in [-0.39, 0.29) is 22.3 Å². The number of likely N-dealkylation sites (tertiary alicyclic amines) is 1. The fourth-order valence-electron chi connectivity index (χ4n) is 9.45. The second-order valence-electron chi connectivity index (χ2n) is 14.7. The lowest BCUT2D eigenvalue weighted by atomic mass is 9.45. The third kappa shape index (κ3) is 4.97. The standard InChI is InChI=1S/C31H50N2O4/c1-28(2)12-7-13-29(3)24(28)10-14-30(4,36)25(29)11-15-31(5,37)26(34)20-32-17-21-16-22(19-32)23-8-6-9-27(35)33(23)18-21/h6,8-9,21-22,24-26,34,36-37H,7,10-20H2,1-5H3/t21-,22-,24+,25+,26-,29-,30+,31+/m0/s1. The summed E-state index contributed by atoms with van der Waals surface area (Å²) in [6.07, 6.45) is 6.88. The Morgan fingerprint density at radius 2 is 1.86 bits per heavy atom. The molecule has 3 heterocycles. The lowest BCUT2D eigenvalue weighted by Crippen LogP contribution is -2.58. The maximum atomic E-state index is 12.3. The van der Waals surface area contributed by atoms with E-state index >= 15 is 0 Å². The Hall–Kier alpha value is -1.21. The summed E-state index contributed by atoms with van der Waals surface area (Å²) in [7, 11) is 0. The summed E-state index contributed by atoms with van der Waals surface area (Å²) in [6.45, 7) is 13.8. The van der Waals surface area contributed by atoms with Crippen LogP contribution in [0, 0.1) is 28.6 Å². The highest BCUT2D eigenvalue weighted by Crippen LogP contribution is 2.63. The summed E-state index contributed by atoms with van der Waals surface area (Å²) in [4.78, 5) is 14.6. The van der Waals surface area contributed by atoms with E-state index in [0.29, 0.717) is 30.7 Å². The van der Waals surface area contributed by atoms with E-state index in [2.05, 4.69) is 31.7 Å². The van der Waals surface area contributed by atoms with E-state index in [9.17, 15) is 20.1 Å². The van der Waals surface area contributed by atoms with Crippen molar-refractivity contribution < 1.29 is 15.3 Å². The Morgan fingerprint density at radius 3 is 2.62 bits per heavy atom. The number of pyridine rings is 1. The second-order valence-corrected chi connectivity index (χ2v) is 14.7. The molecule has 2 aliphatic heterocycles. The number of fused-ring (bicyclic) bond motifs is 5. The van der Waals surface area contributed by atoms with Gasteiger partial charge in [0.25, 0.3) is 5.56 Å². The van der Waals surface area contributed by atoms with Crippen molar-refractivity contribution in [3.8, 4) is 0 Å². The zero-order chi connectivity index (χ0) is 26.8. The van der Waals surface area contributed by atoms with Crippen LogP contribution in [0.4, 0.5) is 0 Å². The maximum Gasteiger partial charge on any atom is 0.250 e. The smallest absolute Gasteiger partial charge is 0.250 e. The summed E-state index contributed by atoms with van der Waals surface area (Å²) in [5.41, 5.74) is -0.437. The number of β-amino-alcohol motifs (C(OH)–C–C–N with tert-alkyl or cyclic N) is 1. The topological polar surface area (TPSA) is 85.9 Å². The van der Waals surface area contributed by atoms with Crippen molar-refractivity contribution in [2.24, 2.45) is 28.6 Å². The predicted octanol–water partition coefficient (Wildman–Crippen LogP) is 4.15. The van der Waals surface area contributed by atoms with Crippen LogP contribution in [0.2, 0.25) is 0 Å². The molecule has 2 bridgehead atoms. The minimum Gasteiger partial charge on any atom is -0.390 e. The fourth-order valence-corrected chi connectivity index (χ4v) is 9.45. The molecule has 0 amide bonds. The Labute approximate surface area is 223 Å². The normalized spacial score (nSPS) is 39.8. The largest absolute Gasteiger partial charge is 0.390 e. The third-order valence-corrected chi connectivity index (χ3v) is 11.4. The third-order valence-electron chi connectivity index (χ3n) is 11.4. The summed E-state index contributed by atoms with van der Waals surface area (Å²) in [5, 5.41) is 34.3. The van der Waals surface area contributed by atoms with Crippen LogP contribution in [-0.4, -0.2) is 61.7 Å². The van der Waals surface area contributed by atoms with E-state index in [1.54, 1.807) is 13.0 Å². The van der Waals surface area contributed by atoms with Gasteiger partial charge in [-0.15, -0.1) is 0 Å². The van der Waals surface area contributed by atoms with Crippen molar-refractivity contribution in [1.29, 1.82) is 0 Å². The van der Waals surface area contributed by atoms with E-state index in [1.165, 1.54) is 12.8 Å². The van der Waals surface area contributed by atoms with E-state index in [4.69, 9.17) is 0 Å². The first kappa shape index (κ1) is 27.4. The molecular weight excluding hydrogens is 464 g/mol. The SMILES string of the molecule is CC1(C)CCC[C@@]2(C)[C@@H]1CC[C@@](C)(O)[C@@H]2CC[C@@](C)(O)[C@@H](O)CN1C[C@@H]2C[C@@H](C1)c1cccc(=O)n1C2. The highest BCUT2D eigenvalue weighted by molar-refractivity contribution is 5.17. The highest BCUT2D eigenvalue weighted by Gasteiger charge is 2.58. The summed E-state index contributed by atoms with van der Waals surface area (Å²) < 4.78 is 1.93. The molecule has 8 atom stereocenters. The van der Waals surface area contributed by atoms with Crippen molar-refractivity contribution in [3.63, 3.8) is 0 Å². The van der Waals surface area contributed by atoms with Gasteiger partial charge < -0.3 is 19.9 Å². The average Bonchev–Trinajstić information content (AvgIpc) is 2.78. The number of nitrogens with zero attached hydrogens (tertiary/aromatic N) is 2. The first-order valence-corrected chi connectivity index (χ1v) is 14.8. The van der Waals surface area contributed by atoms with Crippen molar-refractivity contribution in [2.45, 2.75) is 116 Å². The van der Waals surface area contributed by atoms with Gasteiger partial charge in [-0.3, -0.25) is 9.69 Å². The van der Waals surface area contributed by atoms with Gasteiger partial charge in [-0.2, -0.15) is 0 Å². The predicted molar refractivity (Wildman–Crippen MR) is 146 cm³/mol. The minimum atomic E-state index is -1.22. The molecule has 1 saturated heterocycles. The Morgan fingerprint density at radius 1 is 1.11 bits per heavy atom. The van der Waals surface area contributed by atoms with Crippen LogP contribution in [0.3, 0.4) is 0 Å². The van der Waals surface area contributed by atoms with Crippen LogP contribution in [-0.2, 0) is 6.54 Å². The lowest BCUT2D eigenvalue weighted by molar-refractivity contribution is -0.176. The molecule has 208 valence electrons. The number of piperidine rings is 1. The molecule has 3 N–H and O–H groups in total. The minimum absolute atomic E-state index is 0.0559. The van der Waals surface area contributed by atoms with Crippen molar-refractivity contribution >= 4 is 0 Å². The summed E-state index contributed by atoms with van der Waals surface area (Å²) >= 11 is 0. The molecule has 0 unspecified atom stereocenters. The Bertz CT molecular complexity index is 1050.